The van der Waals surface area contributed by atoms with Crippen LogP contribution in [-0.2, 0) is 11.9 Å². The van der Waals surface area contributed by atoms with Crippen LogP contribution in [0.4, 0.5) is 13.2 Å². The largest absolute Gasteiger partial charge is 1.00 e. The molecule has 0 bridgehead atoms. The van der Waals surface area contributed by atoms with Gasteiger partial charge in [0.15, 0.2) is 9.58 Å². The van der Waals surface area contributed by atoms with E-state index < -0.39 is 16.0 Å². The molecule has 1 aromatic carbocycles. The van der Waals surface area contributed by atoms with Crippen molar-refractivity contribution in [1.29, 1.82) is 0 Å². The molecule has 0 aliphatic heterocycles. The minimum Gasteiger partial charge on any atom is -1.00 e. The lowest BCUT2D eigenvalue weighted by Gasteiger charge is -2.00. The highest BCUT2D eigenvalue weighted by Crippen LogP contribution is 2.51. The molecule has 0 aliphatic rings. The molecule has 1 unspecified atom stereocenters. The van der Waals surface area contributed by atoms with Gasteiger partial charge in [-0.2, -0.15) is 0 Å². The third-order valence-corrected chi connectivity index (χ3v) is 5.35. The Morgan fingerprint density at radius 1 is 1.05 bits per heavy atom. The molecule has 1 aromatic heterocycles. The van der Waals surface area contributed by atoms with Crippen molar-refractivity contribution in [3.63, 3.8) is 0 Å². The molecule has 0 saturated heterocycles. The average Bonchev–Trinajstić information content (AvgIpc) is 2.72. The van der Waals surface area contributed by atoms with Gasteiger partial charge in [0, 0.05) is 17.9 Å². The average molecular weight is 367 g/mol. The maximum Gasteiger partial charge on any atom is 0.600 e. The second-order valence-electron chi connectivity index (χ2n) is 4.71. The van der Waals surface area contributed by atoms with Crippen molar-refractivity contribution in [3.05, 3.63) is 35.2 Å². The van der Waals surface area contributed by atoms with Gasteiger partial charge in [-0.15, -0.1) is 13.2 Å². The quantitative estimate of drug-likeness (QED) is 0.563. The lowest BCUT2D eigenvalue weighted by atomic mass is 10.1. The SMILES string of the molecule is CCCCCCc1cc2ccccc2[s+]1C(F)(F)F.[Br-]. The van der Waals surface area contributed by atoms with E-state index in [1.165, 1.54) is 0 Å². The van der Waals surface area contributed by atoms with Crippen LogP contribution in [0, 0.1) is 0 Å². The molecule has 0 saturated carbocycles. The van der Waals surface area contributed by atoms with E-state index >= 15 is 0 Å². The first-order valence-corrected chi connectivity index (χ1v) is 7.87. The summed E-state index contributed by atoms with van der Waals surface area (Å²) in [7, 11) is -1.70. The summed E-state index contributed by atoms with van der Waals surface area (Å²) in [4.78, 5) is 0.560. The Kier molecular flexibility index (Phi) is 6.52. The van der Waals surface area contributed by atoms with Gasteiger partial charge < -0.3 is 17.0 Å². The van der Waals surface area contributed by atoms with Gasteiger partial charge in [0.2, 0.25) is 0 Å². The molecule has 0 N–H and O–H groups in total. The highest BCUT2D eigenvalue weighted by atomic mass is 79.9. The number of halogens is 4. The van der Waals surface area contributed by atoms with Crippen LogP contribution in [0.25, 0.3) is 10.1 Å². The van der Waals surface area contributed by atoms with Gasteiger partial charge in [-0.05, 0) is 18.6 Å². The molecule has 1 atom stereocenters. The Morgan fingerprint density at radius 2 is 1.75 bits per heavy atom. The van der Waals surface area contributed by atoms with Crippen LogP contribution in [-0.4, -0.2) is 0 Å². The lowest BCUT2D eigenvalue weighted by Crippen LogP contribution is -3.00. The number of hydrogen-bond acceptors (Lipinski definition) is 0. The van der Waals surface area contributed by atoms with Gasteiger partial charge >= 0.3 is 5.51 Å². The van der Waals surface area contributed by atoms with Crippen LogP contribution in [0.3, 0.4) is 0 Å². The van der Waals surface area contributed by atoms with E-state index in [1.807, 2.05) is 0 Å². The van der Waals surface area contributed by atoms with Crippen LogP contribution in [0.15, 0.2) is 30.3 Å². The minimum absolute atomic E-state index is 0. The Labute approximate surface area is 130 Å². The number of hydrogen-bond donors (Lipinski definition) is 0. The monoisotopic (exact) mass is 366 g/mol. The summed E-state index contributed by atoms with van der Waals surface area (Å²) < 4.78 is 40.2. The van der Waals surface area contributed by atoms with Crippen molar-refractivity contribution in [2.24, 2.45) is 0 Å². The molecule has 0 radical (unpaired) electrons. The second-order valence-corrected chi connectivity index (χ2v) is 6.75. The van der Waals surface area contributed by atoms with Crippen LogP contribution < -0.4 is 17.0 Å². The molecule has 5 heteroatoms. The third kappa shape index (κ3) is 3.98. The zero-order valence-electron chi connectivity index (χ0n) is 11.3. The van der Waals surface area contributed by atoms with Crippen LogP contribution in [0.1, 0.15) is 37.5 Å². The van der Waals surface area contributed by atoms with E-state index in [0.717, 1.165) is 31.1 Å². The maximum atomic E-state index is 13.2. The van der Waals surface area contributed by atoms with Crippen molar-refractivity contribution < 1.29 is 30.2 Å². The van der Waals surface area contributed by atoms with Crippen molar-refractivity contribution in [2.75, 3.05) is 0 Å². The molecule has 0 nitrogen and oxygen atoms in total. The molecule has 2 rings (SSSR count). The van der Waals surface area contributed by atoms with E-state index in [0.29, 0.717) is 16.0 Å². The molecule has 1 heterocycles. The Balaban J connectivity index is 0.00000200. The number of fused-ring (bicyclic) bond motifs is 1. The highest BCUT2D eigenvalue weighted by molar-refractivity contribution is 7.38. The molecule has 0 aliphatic carbocycles. The summed E-state index contributed by atoms with van der Waals surface area (Å²) in [6, 6.07) is 8.63. The van der Waals surface area contributed by atoms with E-state index in [2.05, 4.69) is 6.92 Å². The fourth-order valence-electron chi connectivity index (χ4n) is 2.33. The minimum atomic E-state index is -4.15. The Hall–Kier alpha value is -0.550. The van der Waals surface area contributed by atoms with Gasteiger partial charge in [-0.1, -0.05) is 38.3 Å². The summed E-state index contributed by atoms with van der Waals surface area (Å²) in [6.07, 6.45) is 4.63. The van der Waals surface area contributed by atoms with E-state index in [-0.39, 0.29) is 17.0 Å². The molecule has 2 aromatic rings. The number of aryl methyl sites for hydroxylation is 1. The summed E-state index contributed by atoms with van der Waals surface area (Å²) in [6.45, 7) is 2.10. The number of rotatable bonds is 5. The number of benzene rings is 1. The third-order valence-electron chi connectivity index (χ3n) is 3.23. The zero-order valence-corrected chi connectivity index (χ0v) is 13.7. The highest BCUT2D eigenvalue weighted by Gasteiger charge is 2.47. The number of thiophene rings is 1. The zero-order chi connectivity index (χ0) is 13.9. The van der Waals surface area contributed by atoms with Crippen molar-refractivity contribution in [3.8, 4) is 0 Å². The summed E-state index contributed by atoms with van der Waals surface area (Å²) in [5.41, 5.74) is -4.15. The predicted octanol–water partition coefficient (Wildman–Crippen LogP) is 3.19. The first-order valence-electron chi connectivity index (χ1n) is 6.64. The fraction of sp³-hybridized carbons (Fsp3) is 0.467. The van der Waals surface area contributed by atoms with Crippen molar-refractivity contribution >= 4 is 20.6 Å². The first kappa shape index (κ1) is 17.5. The molecule has 20 heavy (non-hydrogen) atoms. The molecular formula is C15H18BrF3S. The lowest BCUT2D eigenvalue weighted by molar-refractivity contribution is -0.0867. The fourth-order valence-corrected chi connectivity index (χ4v) is 4.33. The molecule has 112 valence electrons. The molecule has 0 spiro atoms. The topological polar surface area (TPSA) is 0 Å². The second kappa shape index (κ2) is 7.46. The molecule has 0 fully saturated rings. The van der Waals surface area contributed by atoms with Crippen molar-refractivity contribution in [2.45, 2.75) is 44.5 Å². The van der Waals surface area contributed by atoms with Crippen LogP contribution in [0.2, 0.25) is 0 Å². The van der Waals surface area contributed by atoms with Gasteiger partial charge in [0.05, 0.1) is 10.5 Å². The van der Waals surface area contributed by atoms with Gasteiger partial charge in [0.25, 0.3) is 0 Å². The molecular weight excluding hydrogens is 349 g/mol. The van der Waals surface area contributed by atoms with E-state index in [9.17, 15) is 13.2 Å². The van der Waals surface area contributed by atoms with Crippen LogP contribution >= 0.6 is 10.5 Å². The Morgan fingerprint density at radius 3 is 2.40 bits per heavy atom. The van der Waals surface area contributed by atoms with E-state index in [1.54, 1.807) is 30.3 Å². The van der Waals surface area contributed by atoms with Crippen LogP contribution in [0.5, 0.6) is 0 Å². The number of unbranched alkanes of at least 4 members (excludes halogenated alkanes) is 3. The van der Waals surface area contributed by atoms with Gasteiger partial charge in [0.1, 0.15) is 0 Å². The number of alkyl halides is 3. The summed E-state index contributed by atoms with van der Waals surface area (Å²) >= 11 is 0. The smallest absolute Gasteiger partial charge is 0.600 e. The van der Waals surface area contributed by atoms with Crippen molar-refractivity contribution in [1.82, 2.24) is 0 Å². The summed E-state index contributed by atoms with van der Waals surface area (Å²) in [5.74, 6) is 0. The van der Waals surface area contributed by atoms with Gasteiger partial charge in [-0.25, -0.2) is 0 Å². The maximum absolute atomic E-state index is 13.2. The normalized spacial score (nSPS) is 12.5. The molecule has 0 amide bonds. The predicted molar refractivity (Wildman–Crippen MR) is 75.6 cm³/mol. The standard InChI is InChI=1S/C15H18F3S.BrH/c1-2-3-4-5-9-13-11-12-8-6-7-10-14(12)19(13)15(16,17)18;/h6-8,10-11H,2-5,9H2,1H3;1H/q+1;/p-1. The van der Waals surface area contributed by atoms with E-state index in [4.69, 9.17) is 0 Å². The Bertz CT molecular complexity index is 546. The first-order chi connectivity index (χ1) is 9.04. The van der Waals surface area contributed by atoms with Gasteiger partial charge in [-0.3, -0.25) is 0 Å². The summed E-state index contributed by atoms with van der Waals surface area (Å²) in [5, 5.41) is 0.744.